The minimum absolute atomic E-state index is 0. The number of carboxylic acid groups (broad SMARTS) is 2. The molecule has 0 saturated carbocycles. The van der Waals surface area contributed by atoms with Crippen LogP contribution >= 0.6 is 0 Å². The second-order valence-electron chi connectivity index (χ2n) is 5.13. The zero-order chi connectivity index (χ0) is 16.0. The Labute approximate surface area is 208 Å². The number of carbonyl (C=O) groups excluding carboxylic acids is 2. The molecule has 0 aliphatic rings. The summed E-state index contributed by atoms with van der Waals surface area (Å²) < 4.78 is 0. The number of hydrogen-bond acceptors (Lipinski definition) is 4. The van der Waals surface area contributed by atoms with Gasteiger partial charge < -0.3 is 22.7 Å². The maximum atomic E-state index is 10.3. The van der Waals surface area contributed by atoms with E-state index in [-0.39, 0.29) is 99.8 Å². The molecule has 0 rings (SSSR count). The fraction of sp³-hybridized carbons (Fsp3) is 0.875. The van der Waals surface area contributed by atoms with Gasteiger partial charge in [0.2, 0.25) is 0 Å². The van der Waals surface area contributed by atoms with Gasteiger partial charge in [-0.25, -0.2) is 0 Å². The molecule has 0 aromatic heterocycles. The molecule has 133 valence electrons. The third-order valence-corrected chi connectivity index (χ3v) is 3.46. The Morgan fingerprint density at radius 2 is 1.09 bits per heavy atom. The largest absolute Gasteiger partial charge is 2.00 e. The van der Waals surface area contributed by atoms with Gasteiger partial charge in [-0.3, -0.25) is 0 Å². The summed E-state index contributed by atoms with van der Waals surface area (Å²) in [5, 5.41) is 20.7. The summed E-state index contributed by atoms with van der Waals surface area (Å²) in [6.07, 6.45) is 7.04. The molecule has 0 aliphatic heterocycles. The van der Waals surface area contributed by atoms with Gasteiger partial charge in [0.1, 0.15) is 0 Å². The zero-order valence-electron chi connectivity index (χ0n) is 17.2. The van der Waals surface area contributed by atoms with Gasteiger partial charge in [0.15, 0.2) is 0 Å². The Morgan fingerprint density at radius 3 is 1.22 bits per heavy atom. The van der Waals surface area contributed by atoms with E-state index in [2.05, 4.69) is 13.8 Å². The van der Waals surface area contributed by atoms with Crippen molar-refractivity contribution in [2.24, 2.45) is 11.8 Å². The van der Waals surface area contributed by atoms with Gasteiger partial charge in [-0.2, -0.15) is 0 Å². The Kier molecular flexibility index (Phi) is 40.2. The smallest absolute Gasteiger partial charge is 1.00 e. The van der Waals surface area contributed by atoms with Crippen LogP contribution in [0.1, 0.15) is 81.9 Å². The molecule has 1 radical (unpaired) electrons. The molecule has 0 amide bonds. The summed E-state index contributed by atoms with van der Waals surface area (Å²) in [7, 11) is 0. The molecule has 0 bridgehead atoms. The summed E-state index contributed by atoms with van der Waals surface area (Å²) >= 11 is 0. The average molecular weight is 550 g/mol. The Morgan fingerprint density at radius 1 is 0.826 bits per heavy atom. The first-order chi connectivity index (χ1) is 9.44. The molecular formula is C16H32BaCoO4Zn. The van der Waals surface area contributed by atoms with Crippen LogP contribution in [-0.4, -0.2) is 60.8 Å². The van der Waals surface area contributed by atoms with Gasteiger partial charge in [0.05, 0.1) is 0 Å². The van der Waals surface area contributed by atoms with Crippen molar-refractivity contribution < 1.29 is 58.9 Å². The number of carbonyl (C=O) groups is 2. The summed E-state index contributed by atoms with van der Waals surface area (Å²) in [4.78, 5) is 20.7. The number of carboxylic acids is 2. The molecule has 0 aromatic carbocycles. The molecule has 4 nitrogen and oxygen atoms in total. The van der Waals surface area contributed by atoms with E-state index < -0.39 is 11.9 Å². The van der Waals surface area contributed by atoms with Gasteiger partial charge in [-0.1, -0.05) is 53.4 Å². The molecule has 0 N–H and O–H groups in total. The van der Waals surface area contributed by atoms with Crippen molar-refractivity contribution in [1.29, 1.82) is 0 Å². The van der Waals surface area contributed by atoms with E-state index >= 15 is 0 Å². The minimum atomic E-state index is -0.893. The third-order valence-electron chi connectivity index (χ3n) is 3.46. The van der Waals surface area contributed by atoms with Crippen LogP contribution in [0.2, 0.25) is 0 Å². The maximum Gasteiger partial charge on any atom is 2.00 e. The number of unbranched alkanes of at least 4 members (excludes halogenated alkanes) is 2. The Bertz CT molecular complexity index is 253. The SMILES string of the molecule is CCCCC(CC)C(=O)[O-].CCCCC(CC)C(=O)[O-].[Ba+2].[Co].[H-].[H-].[Zn+2]. The summed E-state index contributed by atoms with van der Waals surface area (Å²) in [6, 6.07) is 0. The van der Waals surface area contributed by atoms with Gasteiger partial charge in [0, 0.05) is 28.7 Å². The van der Waals surface area contributed by atoms with Crippen molar-refractivity contribution >= 4 is 60.8 Å². The van der Waals surface area contributed by atoms with Crippen LogP contribution in [0, 0.1) is 11.8 Å². The van der Waals surface area contributed by atoms with Crippen LogP contribution in [0.4, 0.5) is 0 Å². The van der Waals surface area contributed by atoms with E-state index in [1.54, 1.807) is 0 Å². The predicted molar refractivity (Wildman–Crippen MR) is 84.6 cm³/mol. The van der Waals surface area contributed by atoms with Crippen molar-refractivity contribution in [3.05, 3.63) is 0 Å². The summed E-state index contributed by atoms with van der Waals surface area (Å²) in [6.45, 7) is 7.89. The topological polar surface area (TPSA) is 80.3 Å². The predicted octanol–water partition coefficient (Wildman–Crippen LogP) is 1.74. The van der Waals surface area contributed by atoms with E-state index in [1.165, 1.54) is 0 Å². The molecule has 0 spiro atoms. The van der Waals surface area contributed by atoms with Crippen LogP contribution in [0.25, 0.3) is 0 Å². The van der Waals surface area contributed by atoms with Crippen LogP contribution < -0.4 is 10.2 Å². The van der Waals surface area contributed by atoms with Crippen LogP contribution in [0.3, 0.4) is 0 Å². The van der Waals surface area contributed by atoms with Gasteiger partial charge in [-0.15, -0.1) is 0 Å². The van der Waals surface area contributed by atoms with E-state index in [9.17, 15) is 19.8 Å². The van der Waals surface area contributed by atoms with Crippen LogP contribution in [0.5, 0.6) is 0 Å². The first-order valence-electron chi connectivity index (χ1n) is 7.86. The maximum absolute atomic E-state index is 10.3. The first kappa shape index (κ1) is 35.7. The molecule has 0 saturated heterocycles. The van der Waals surface area contributed by atoms with E-state index in [0.29, 0.717) is 12.8 Å². The monoisotopic (exact) mass is 549 g/mol. The number of rotatable bonds is 10. The quantitative estimate of drug-likeness (QED) is 0.389. The van der Waals surface area contributed by atoms with Crippen LogP contribution in [-0.2, 0) is 45.8 Å². The number of hydrogen-bond donors (Lipinski definition) is 0. The van der Waals surface area contributed by atoms with Crippen molar-refractivity contribution in [2.75, 3.05) is 0 Å². The summed E-state index contributed by atoms with van der Waals surface area (Å²) in [5.74, 6) is -2.23. The van der Waals surface area contributed by atoms with Gasteiger partial charge in [-0.05, 0) is 37.5 Å². The van der Waals surface area contributed by atoms with Gasteiger partial charge in [0.25, 0.3) is 0 Å². The molecule has 0 aliphatic carbocycles. The van der Waals surface area contributed by atoms with Crippen molar-refractivity contribution in [1.82, 2.24) is 0 Å². The van der Waals surface area contributed by atoms with Gasteiger partial charge >= 0.3 is 68.4 Å². The molecule has 2 unspecified atom stereocenters. The fourth-order valence-corrected chi connectivity index (χ4v) is 1.88. The van der Waals surface area contributed by atoms with E-state index in [4.69, 9.17) is 0 Å². The minimum Gasteiger partial charge on any atom is -1.00 e. The summed E-state index contributed by atoms with van der Waals surface area (Å²) in [5.41, 5.74) is 0. The molecule has 7 heteroatoms. The normalized spacial score (nSPS) is 11.3. The molecule has 0 heterocycles. The second kappa shape index (κ2) is 25.9. The third kappa shape index (κ3) is 23.6. The Hall–Kier alpha value is 1.64. The fourth-order valence-electron chi connectivity index (χ4n) is 1.88. The van der Waals surface area contributed by atoms with Crippen molar-refractivity contribution in [2.45, 2.75) is 79.1 Å². The molecule has 0 fully saturated rings. The molecule has 23 heavy (non-hydrogen) atoms. The average Bonchev–Trinajstić information content (AvgIpc) is 2.40. The van der Waals surface area contributed by atoms with Crippen molar-refractivity contribution in [3.63, 3.8) is 0 Å². The zero-order valence-corrected chi connectivity index (χ0v) is 23.6. The number of aliphatic carboxylic acids is 2. The molecule has 0 aromatic rings. The molecule has 2 atom stereocenters. The Balaban J connectivity index is -0.0000000432. The standard InChI is InChI=1S/2C8H16O2.Ba.Co.Zn.2H/c2*1-3-5-6-7(4-2)8(9)10;;;;;/h2*7H,3-6H2,1-2H3,(H,9,10);;;;;/q;;+2;;+2;2*-1/p-2. The second-order valence-corrected chi connectivity index (χ2v) is 5.13. The van der Waals surface area contributed by atoms with E-state index in [1.807, 2.05) is 13.8 Å². The van der Waals surface area contributed by atoms with E-state index in [0.717, 1.165) is 38.5 Å². The molecular weight excluding hydrogens is 518 g/mol. The van der Waals surface area contributed by atoms with Crippen molar-refractivity contribution in [3.8, 4) is 0 Å². The first-order valence-corrected chi connectivity index (χ1v) is 7.86. The van der Waals surface area contributed by atoms with Crippen LogP contribution in [0.15, 0.2) is 0 Å².